The van der Waals surface area contributed by atoms with Gasteiger partial charge in [0.2, 0.25) is 11.7 Å². The smallest absolute Gasteiger partial charge is 0.325 e. The average molecular weight is 621 g/mol. The molecule has 13 heteroatoms. The third kappa shape index (κ3) is 4.86. The van der Waals surface area contributed by atoms with Crippen molar-refractivity contribution in [2.75, 3.05) is 19.8 Å². The number of carbonyl (C=O) groups excluding carboxylic acids is 4. The number of ketones is 2. The molecule has 12 nitrogen and oxygen atoms in total. The van der Waals surface area contributed by atoms with Crippen LogP contribution in [0.25, 0.3) is 0 Å². The van der Waals surface area contributed by atoms with Crippen LogP contribution in [-0.4, -0.2) is 76.4 Å². The molecule has 1 aliphatic heterocycles. The molecule has 4 fully saturated rings. The number of hydrogen-bond donors (Lipinski definition) is 2. The molecule has 0 unspecified atom stereocenters. The van der Waals surface area contributed by atoms with Crippen LogP contribution in [-0.2, 0) is 33.5 Å². The van der Waals surface area contributed by atoms with Gasteiger partial charge < -0.3 is 24.7 Å². The lowest BCUT2D eigenvalue weighted by Gasteiger charge is -2.63. The van der Waals surface area contributed by atoms with E-state index in [1.807, 2.05) is 20.8 Å². The van der Waals surface area contributed by atoms with Crippen LogP contribution in [0.1, 0.15) is 72.6 Å². The molecule has 1 saturated heterocycles. The van der Waals surface area contributed by atoms with Crippen LogP contribution in [0.5, 0.6) is 0 Å². The van der Waals surface area contributed by atoms with Crippen molar-refractivity contribution < 1.29 is 48.1 Å². The number of halogens is 1. The summed E-state index contributed by atoms with van der Waals surface area (Å²) in [5, 5.41) is 23.3. The lowest BCUT2D eigenvalue weighted by molar-refractivity contribution is -0.757. The zero-order valence-corrected chi connectivity index (χ0v) is 25.6. The standard InChI is InChI=1S/C31H41FN2O10/c1-27(2)14-19-13-22-21-8-7-18-12-20(35)9-10-28(18,3)30(21,32)23(36)15-29(22,4)31(19,44-27)24(37)17-42-26(39)16-33-25(38)6-5-11-43-34(40)41/h9-10,12,19,21-23,36H,5-8,11,13-17H2,1-4H3,(H,33,38)/t19-,21+,22+,23+,28+,29+,30+,31-/m1/s1. The Balaban J connectivity index is 1.32. The monoisotopic (exact) mass is 620 g/mol. The average Bonchev–Trinajstić information content (AvgIpc) is 3.35. The number of nitrogens with one attached hydrogen (secondary N) is 1. The first-order valence-electron chi connectivity index (χ1n) is 15.2. The Kier molecular flexibility index (Phi) is 8.06. The number of carbonyl (C=O) groups is 4. The van der Waals surface area contributed by atoms with Gasteiger partial charge in [-0.2, -0.15) is 0 Å². The first-order valence-corrected chi connectivity index (χ1v) is 15.2. The fraction of sp³-hybridized carbons (Fsp3) is 0.742. The number of rotatable bonds is 10. The zero-order chi connectivity index (χ0) is 32.3. The van der Waals surface area contributed by atoms with Crippen LogP contribution in [0, 0.1) is 38.7 Å². The molecule has 0 aromatic heterocycles. The largest absolute Gasteiger partial charge is 0.456 e. The van der Waals surface area contributed by atoms with E-state index in [2.05, 4.69) is 10.2 Å². The van der Waals surface area contributed by atoms with Crippen molar-refractivity contribution in [3.63, 3.8) is 0 Å². The number of Topliss-reactive ketones (excluding diaryl/α,β-unsaturated/α-hetero) is 1. The third-order valence-electron chi connectivity index (χ3n) is 11.1. The van der Waals surface area contributed by atoms with E-state index >= 15 is 4.39 Å². The van der Waals surface area contributed by atoms with E-state index in [1.165, 1.54) is 12.2 Å². The molecule has 8 atom stereocenters. The summed E-state index contributed by atoms with van der Waals surface area (Å²) in [6.07, 6.45) is 4.92. The van der Waals surface area contributed by atoms with E-state index < -0.39 is 75.6 Å². The van der Waals surface area contributed by atoms with Crippen molar-refractivity contribution in [1.29, 1.82) is 0 Å². The molecular weight excluding hydrogens is 579 g/mol. The van der Waals surface area contributed by atoms with Gasteiger partial charge in [0.05, 0.1) is 18.3 Å². The molecule has 0 aromatic rings. The Morgan fingerprint density at radius 3 is 2.64 bits per heavy atom. The second-order valence-corrected chi connectivity index (χ2v) is 14.0. The molecular formula is C31H41FN2O10. The minimum atomic E-state index is -2.04. The van der Waals surface area contributed by atoms with Crippen LogP contribution in [0.15, 0.2) is 23.8 Å². The highest BCUT2D eigenvalue weighted by Gasteiger charge is 2.79. The maximum absolute atomic E-state index is 17.5. The SMILES string of the molecule is CC1(C)C[C@H]2C[C@H]3[C@@H]4CCC5=CC(=O)C=C[C@]5(C)[C@@]4(F)[C@@H](O)C[C@]3(C)[C@@]2(C(=O)COC(=O)CNC(=O)CCCO[N+](=O)[O-])O1. The maximum atomic E-state index is 17.5. The van der Waals surface area contributed by atoms with E-state index in [0.717, 1.165) is 0 Å². The van der Waals surface area contributed by atoms with Crippen LogP contribution in [0.2, 0.25) is 0 Å². The summed E-state index contributed by atoms with van der Waals surface area (Å²) in [6, 6.07) is 0. The van der Waals surface area contributed by atoms with Gasteiger partial charge in [-0.1, -0.05) is 18.6 Å². The Labute approximate surface area is 254 Å². The number of fused-ring (bicyclic) bond motifs is 7. The Morgan fingerprint density at radius 1 is 1.20 bits per heavy atom. The van der Waals surface area contributed by atoms with E-state index in [9.17, 15) is 34.4 Å². The highest BCUT2D eigenvalue weighted by Crippen LogP contribution is 2.74. The number of nitrogens with zero attached hydrogens (tertiary/aromatic N) is 1. The molecule has 1 amide bonds. The summed E-state index contributed by atoms with van der Waals surface area (Å²) in [6.45, 7) is 6.03. The van der Waals surface area contributed by atoms with Gasteiger partial charge in [-0.05, 0) is 83.3 Å². The Hall–Kier alpha value is -3.19. The molecule has 3 saturated carbocycles. The number of esters is 1. The summed E-state index contributed by atoms with van der Waals surface area (Å²) in [4.78, 5) is 65.0. The topological polar surface area (TPSA) is 171 Å². The van der Waals surface area contributed by atoms with Gasteiger partial charge in [-0.15, -0.1) is 10.1 Å². The van der Waals surface area contributed by atoms with Gasteiger partial charge in [0.15, 0.2) is 18.1 Å². The van der Waals surface area contributed by atoms with Gasteiger partial charge >= 0.3 is 5.97 Å². The number of hydrogen-bond acceptors (Lipinski definition) is 10. The second-order valence-electron chi connectivity index (χ2n) is 14.0. The lowest BCUT2D eigenvalue weighted by Crippen LogP contribution is -2.69. The van der Waals surface area contributed by atoms with Crippen LogP contribution in [0.3, 0.4) is 0 Å². The molecule has 5 aliphatic rings. The fourth-order valence-corrected chi connectivity index (χ4v) is 9.40. The predicted octanol–water partition coefficient (Wildman–Crippen LogP) is 2.74. The number of amides is 1. The number of aliphatic hydroxyl groups is 1. The van der Waals surface area contributed by atoms with Gasteiger partial charge in [-0.25, -0.2) is 4.39 Å². The van der Waals surface area contributed by atoms with Crippen molar-refractivity contribution in [2.45, 2.75) is 95.6 Å². The summed E-state index contributed by atoms with van der Waals surface area (Å²) in [5.41, 5.74) is -5.58. The Bertz CT molecular complexity index is 1330. The van der Waals surface area contributed by atoms with Crippen molar-refractivity contribution >= 4 is 23.4 Å². The maximum Gasteiger partial charge on any atom is 0.325 e. The summed E-state index contributed by atoms with van der Waals surface area (Å²) >= 11 is 0. The van der Waals surface area contributed by atoms with E-state index in [4.69, 9.17) is 9.47 Å². The molecule has 2 N–H and O–H groups in total. The summed E-state index contributed by atoms with van der Waals surface area (Å²) in [5.74, 6) is -3.22. The molecule has 4 aliphatic carbocycles. The third-order valence-corrected chi connectivity index (χ3v) is 11.1. The first-order chi connectivity index (χ1) is 20.5. The molecule has 0 aromatic carbocycles. The van der Waals surface area contributed by atoms with Crippen LogP contribution < -0.4 is 5.32 Å². The minimum Gasteiger partial charge on any atom is -0.456 e. The van der Waals surface area contributed by atoms with Gasteiger partial charge in [0.25, 0.3) is 5.09 Å². The van der Waals surface area contributed by atoms with Crippen LogP contribution >= 0.6 is 0 Å². The van der Waals surface area contributed by atoms with Crippen LogP contribution in [0.4, 0.5) is 4.39 Å². The normalized spacial score (nSPS) is 39.7. The number of aliphatic hydroxyl groups excluding tert-OH is 1. The van der Waals surface area contributed by atoms with Crippen molar-refractivity contribution in [1.82, 2.24) is 5.32 Å². The molecule has 242 valence electrons. The highest BCUT2D eigenvalue weighted by molar-refractivity contribution is 6.01. The van der Waals surface area contributed by atoms with E-state index in [-0.39, 0.29) is 43.5 Å². The first kappa shape index (κ1) is 32.2. The molecule has 0 radical (unpaired) electrons. The number of alkyl halides is 1. The molecule has 44 heavy (non-hydrogen) atoms. The summed E-state index contributed by atoms with van der Waals surface area (Å²) in [7, 11) is 0. The summed E-state index contributed by atoms with van der Waals surface area (Å²) < 4.78 is 29.5. The minimum absolute atomic E-state index is 0.0438. The molecule has 0 bridgehead atoms. The quantitative estimate of drug-likeness (QED) is 0.160. The van der Waals surface area contributed by atoms with Crippen molar-refractivity contribution in [3.8, 4) is 0 Å². The lowest BCUT2D eigenvalue weighted by atomic mass is 9.44. The van der Waals surface area contributed by atoms with Gasteiger partial charge in [-0.3, -0.25) is 19.2 Å². The van der Waals surface area contributed by atoms with Crippen molar-refractivity contribution in [2.24, 2.45) is 28.6 Å². The number of ether oxygens (including phenoxy) is 2. The van der Waals surface area contributed by atoms with E-state index in [0.29, 0.717) is 31.3 Å². The molecule has 1 heterocycles. The van der Waals surface area contributed by atoms with Gasteiger partial charge in [0.1, 0.15) is 12.1 Å². The van der Waals surface area contributed by atoms with Gasteiger partial charge in [0, 0.05) is 23.2 Å². The zero-order valence-electron chi connectivity index (χ0n) is 25.6. The molecule has 5 rings (SSSR count). The Morgan fingerprint density at radius 2 is 1.93 bits per heavy atom. The highest BCUT2D eigenvalue weighted by atomic mass is 19.1. The number of allylic oxidation sites excluding steroid dienone is 4. The van der Waals surface area contributed by atoms with Crippen molar-refractivity contribution in [3.05, 3.63) is 33.9 Å². The predicted molar refractivity (Wildman–Crippen MR) is 151 cm³/mol. The molecule has 0 spiro atoms. The van der Waals surface area contributed by atoms with E-state index in [1.54, 1.807) is 13.0 Å². The fourth-order valence-electron chi connectivity index (χ4n) is 9.40. The second kappa shape index (κ2) is 11.0.